The van der Waals surface area contributed by atoms with Crippen molar-refractivity contribution in [1.82, 2.24) is 15.4 Å². The zero-order valence-corrected chi connectivity index (χ0v) is 10.6. The van der Waals surface area contributed by atoms with Gasteiger partial charge in [-0.2, -0.15) is 0 Å². The van der Waals surface area contributed by atoms with Crippen molar-refractivity contribution in [2.24, 2.45) is 5.84 Å². The zero-order chi connectivity index (χ0) is 13.9. The van der Waals surface area contributed by atoms with Crippen LogP contribution in [0.25, 0.3) is 10.9 Å². The number of fused-ring (bicyclic) bond motifs is 1. The molecule has 5 heteroatoms. The van der Waals surface area contributed by atoms with Crippen LogP contribution in [0.3, 0.4) is 0 Å². The number of pyridine rings is 2. The van der Waals surface area contributed by atoms with Crippen molar-refractivity contribution in [1.29, 1.82) is 0 Å². The first kappa shape index (κ1) is 12.7. The minimum Gasteiger partial charge on any atom is -0.271 e. The van der Waals surface area contributed by atoms with Crippen molar-refractivity contribution < 1.29 is 4.39 Å². The molecule has 0 spiro atoms. The monoisotopic (exact) mass is 268 g/mol. The lowest BCUT2D eigenvalue weighted by Gasteiger charge is -2.17. The van der Waals surface area contributed by atoms with Crippen LogP contribution in [0.4, 0.5) is 4.39 Å². The summed E-state index contributed by atoms with van der Waals surface area (Å²) in [7, 11) is 0. The molecule has 4 nitrogen and oxygen atoms in total. The maximum Gasteiger partial charge on any atom is 0.141 e. The van der Waals surface area contributed by atoms with Gasteiger partial charge in [0.1, 0.15) is 5.82 Å². The van der Waals surface area contributed by atoms with E-state index in [1.165, 1.54) is 12.3 Å². The molecule has 0 amide bonds. The minimum absolute atomic E-state index is 0.339. The molecule has 100 valence electrons. The summed E-state index contributed by atoms with van der Waals surface area (Å²) in [6, 6.07) is 12.4. The van der Waals surface area contributed by atoms with Crippen LogP contribution in [0.2, 0.25) is 0 Å². The number of hydrogen-bond acceptors (Lipinski definition) is 4. The number of aromatic nitrogens is 2. The first-order chi connectivity index (χ1) is 9.79. The van der Waals surface area contributed by atoms with Crippen LogP contribution < -0.4 is 11.3 Å². The van der Waals surface area contributed by atoms with Crippen LogP contribution in [0.15, 0.2) is 54.9 Å². The number of para-hydroxylation sites is 1. The van der Waals surface area contributed by atoms with Gasteiger partial charge in [0.05, 0.1) is 23.4 Å². The number of halogens is 1. The molecule has 2 aromatic heterocycles. The summed E-state index contributed by atoms with van der Waals surface area (Å²) in [6.45, 7) is 0. The Kier molecular flexibility index (Phi) is 3.37. The number of nitrogens with zero attached hydrogens (tertiary/aromatic N) is 2. The molecule has 0 saturated carbocycles. The van der Waals surface area contributed by atoms with Gasteiger partial charge in [0, 0.05) is 17.1 Å². The molecule has 3 rings (SSSR count). The third-order valence-corrected chi connectivity index (χ3v) is 3.19. The molecule has 0 saturated heterocycles. The summed E-state index contributed by atoms with van der Waals surface area (Å²) in [4.78, 5) is 8.48. The number of nitrogens with one attached hydrogen (secondary N) is 1. The lowest BCUT2D eigenvalue weighted by molar-refractivity contribution is 0.598. The van der Waals surface area contributed by atoms with Crippen LogP contribution >= 0.6 is 0 Å². The van der Waals surface area contributed by atoms with Crippen molar-refractivity contribution in [3.63, 3.8) is 0 Å². The number of nitrogens with two attached hydrogens (primary N) is 1. The zero-order valence-electron chi connectivity index (χ0n) is 10.6. The molecule has 1 unspecified atom stereocenters. The Bertz CT molecular complexity index is 722. The Morgan fingerprint density at radius 1 is 1.05 bits per heavy atom. The van der Waals surface area contributed by atoms with Crippen LogP contribution in [0.5, 0.6) is 0 Å². The minimum atomic E-state index is -0.374. The van der Waals surface area contributed by atoms with E-state index in [4.69, 9.17) is 5.84 Å². The SMILES string of the molecule is NNC(c1ccc(F)cn1)c1cccc2cccnc12. The fraction of sp³-hybridized carbons (Fsp3) is 0.0667. The molecule has 0 bridgehead atoms. The Labute approximate surface area is 115 Å². The van der Waals surface area contributed by atoms with E-state index in [0.717, 1.165) is 16.5 Å². The summed E-state index contributed by atoms with van der Waals surface area (Å²) in [5, 5.41) is 1.02. The normalized spacial score (nSPS) is 12.5. The molecule has 20 heavy (non-hydrogen) atoms. The molecule has 1 atom stereocenters. The Morgan fingerprint density at radius 3 is 2.65 bits per heavy atom. The highest BCUT2D eigenvalue weighted by Gasteiger charge is 2.17. The van der Waals surface area contributed by atoms with Gasteiger partial charge in [-0.1, -0.05) is 24.3 Å². The molecular formula is C15H13FN4. The maximum absolute atomic E-state index is 13.0. The second kappa shape index (κ2) is 5.32. The first-order valence-electron chi connectivity index (χ1n) is 6.21. The van der Waals surface area contributed by atoms with Crippen molar-refractivity contribution in [3.05, 3.63) is 71.9 Å². The second-order valence-corrected chi connectivity index (χ2v) is 4.42. The van der Waals surface area contributed by atoms with Crippen LogP contribution in [-0.2, 0) is 0 Å². The van der Waals surface area contributed by atoms with E-state index in [0.29, 0.717) is 5.69 Å². The van der Waals surface area contributed by atoms with Gasteiger partial charge in [-0.25, -0.2) is 9.82 Å². The smallest absolute Gasteiger partial charge is 0.141 e. The summed E-state index contributed by atoms with van der Waals surface area (Å²) in [5.41, 5.74) is 5.12. The fourth-order valence-electron chi connectivity index (χ4n) is 2.25. The Morgan fingerprint density at radius 2 is 1.90 bits per heavy atom. The number of benzene rings is 1. The number of hydrazine groups is 1. The lowest BCUT2D eigenvalue weighted by Crippen LogP contribution is -2.29. The summed E-state index contributed by atoms with van der Waals surface area (Å²) in [6.07, 6.45) is 2.91. The average molecular weight is 268 g/mol. The third kappa shape index (κ3) is 2.24. The van der Waals surface area contributed by atoms with E-state index >= 15 is 0 Å². The molecule has 0 fully saturated rings. The number of rotatable bonds is 3. The predicted molar refractivity (Wildman–Crippen MR) is 75.1 cm³/mol. The Hall–Kier alpha value is -2.37. The van der Waals surface area contributed by atoms with Gasteiger partial charge < -0.3 is 0 Å². The maximum atomic E-state index is 13.0. The molecule has 0 radical (unpaired) electrons. The third-order valence-electron chi connectivity index (χ3n) is 3.19. The number of hydrogen-bond donors (Lipinski definition) is 2. The van der Waals surface area contributed by atoms with E-state index < -0.39 is 0 Å². The van der Waals surface area contributed by atoms with Gasteiger partial charge >= 0.3 is 0 Å². The van der Waals surface area contributed by atoms with E-state index in [2.05, 4.69) is 15.4 Å². The quantitative estimate of drug-likeness (QED) is 0.565. The standard InChI is InChI=1S/C15H13FN4/c16-11-6-7-13(19-9-11)15(20-17)12-5-1-3-10-4-2-8-18-14(10)12/h1-9,15,20H,17H2. The van der Waals surface area contributed by atoms with Crippen LogP contribution in [-0.4, -0.2) is 9.97 Å². The topological polar surface area (TPSA) is 63.8 Å². The molecule has 0 aliphatic heterocycles. The largest absolute Gasteiger partial charge is 0.271 e. The highest BCUT2D eigenvalue weighted by molar-refractivity contribution is 5.82. The van der Waals surface area contributed by atoms with E-state index in [9.17, 15) is 4.39 Å². The van der Waals surface area contributed by atoms with Crippen molar-refractivity contribution in [3.8, 4) is 0 Å². The van der Waals surface area contributed by atoms with Gasteiger partial charge in [-0.3, -0.25) is 15.8 Å². The van der Waals surface area contributed by atoms with E-state index in [-0.39, 0.29) is 11.9 Å². The van der Waals surface area contributed by atoms with Crippen LogP contribution in [0.1, 0.15) is 17.3 Å². The van der Waals surface area contributed by atoms with Gasteiger partial charge in [0.25, 0.3) is 0 Å². The molecule has 2 heterocycles. The van der Waals surface area contributed by atoms with Crippen LogP contribution in [0, 0.1) is 5.82 Å². The lowest BCUT2D eigenvalue weighted by atomic mass is 10.0. The molecule has 3 N–H and O–H groups in total. The van der Waals surface area contributed by atoms with Gasteiger partial charge in [-0.15, -0.1) is 0 Å². The summed E-state index contributed by atoms with van der Waals surface area (Å²) < 4.78 is 13.0. The van der Waals surface area contributed by atoms with Crippen molar-refractivity contribution in [2.45, 2.75) is 6.04 Å². The van der Waals surface area contributed by atoms with Gasteiger partial charge in [0.2, 0.25) is 0 Å². The van der Waals surface area contributed by atoms with Gasteiger partial charge in [-0.05, 0) is 18.2 Å². The molecule has 1 aromatic carbocycles. The van der Waals surface area contributed by atoms with Gasteiger partial charge in [0.15, 0.2) is 0 Å². The highest BCUT2D eigenvalue weighted by Crippen LogP contribution is 2.26. The summed E-state index contributed by atoms with van der Waals surface area (Å²) >= 11 is 0. The van der Waals surface area contributed by atoms with Crippen molar-refractivity contribution >= 4 is 10.9 Å². The average Bonchev–Trinajstić information content (AvgIpc) is 2.50. The highest BCUT2D eigenvalue weighted by atomic mass is 19.1. The molecular weight excluding hydrogens is 255 g/mol. The Balaban J connectivity index is 2.14. The molecule has 0 aliphatic carbocycles. The first-order valence-corrected chi connectivity index (χ1v) is 6.21. The fourth-order valence-corrected chi connectivity index (χ4v) is 2.25. The molecule has 3 aromatic rings. The van der Waals surface area contributed by atoms with Crippen molar-refractivity contribution in [2.75, 3.05) is 0 Å². The van der Waals surface area contributed by atoms with E-state index in [1.54, 1.807) is 12.3 Å². The molecule has 0 aliphatic rings. The second-order valence-electron chi connectivity index (χ2n) is 4.42. The predicted octanol–water partition coefficient (Wildman–Crippen LogP) is 2.32. The van der Waals surface area contributed by atoms with E-state index in [1.807, 2.05) is 30.3 Å². The summed E-state index contributed by atoms with van der Waals surface area (Å²) in [5.74, 6) is 5.28.